The van der Waals surface area contributed by atoms with Gasteiger partial charge in [-0.15, -0.1) is 0 Å². The van der Waals surface area contributed by atoms with E-state index < -0.39 is 0 Å². The molecule has 2 unspecified atom stereocenters. The molecular weight excluding hydrogens is 444 g/mol. The van der Waals surface area contributed by atoms with Gasteiger partial charge in [0.15, 0.2) is 0 Å². The predicted molar refractivity (Wildman–Crippen MR) is 120 cm³/mol. The molecule has 156 valence electrons. The number of ether oxygens (including phenoxy) is 2. The number of rotatable bonds is 5. The first kappa shape index (κ1) is 20.7. The minimum Gasteiger partial charge on any atom is -0.497 e. The summed E-state index contributed by atoms with van der Waals surface area (Å²) >= 11 is 3.53. The van der Waals surface area contributed by atoms with Gasteiger partial charge in [0.05, 0.1) is 25.5 Å². The summed E-state index contributed by atoms with van der Waals surface area (Å²) in [6.45, 7) is 4.07. The number of carbonyl (C=O) groups excluding carboxylic acids is 1. The smallest absolute Gasteiger partial charge is 0.332 e. The number of aryl methyl sites for hydroxylation is 1. The van der Waals surface area contributed by atoms with E-state index in [2.05, 4.69) is 52.3 Å². The van der Waals surface area contributed by atoms with Crippen LogP contribution in [0.2, 0.25) is 0 Å². The maximum atomic E-state index is 12.1. The highest BCUT2D eigenvalue weighted by Crippen LogP contribution is 2.45. The summed E-state index contributed by atoms with van der Waals surface area (Å²) in [6.07, 6.45) is 3.52. The molecule has 6 heteroatoms. The van der Waals surface area contributed by atoms with Gasteiger partial charge in [-0.05, 0) is 62.1 Å². The van der Waals surface area contributed by atoms with Crippen LogP contribution in [0.1, 0.15) is 43.0 Å². The third-order valence-electron chi connectivity index (χ3n) is 5.72. The van der Waals surface area contributed by atoms with Crippen molar-refractivity contribution in [3.8, 4) is 5.75 Å². The van der Waals surface area contributed by atoms with Crippen LogP contribution >= 0.6 is 15.9 Å². The van der Waals surface area contributed by atoms with E-state index in [0.717, 1.165) is 40.0 Å². The Morgan fingerprint density at radius 3 is 2.73 bits per heavy atom. The summed E-state index contributed by atoms with van der Waals surface area (Å²) < 4.78 is 11.6. The zero-order valence-electron chi connectivity index (χ0n) is 17.4. The van der Waals surface area contributed by atoms with Crippen LogP contribution in [0.25, 0.3) is 0 Å². The summed E-state index contributed by atoms with van der Waals surface area (Å²) in [4.78, 5) is 12.1. The van der Waals surface area contributed by atoms with E-state index in [1.54, 1.807) is 14.0 Å². The molecule has 0 bridgehead atoms. The van der Waals surface area contributed by atoms with Crippen molar-refractivity contribution in [3.05, 3.63) is 75.4 Å². The van der Waals surface area contributed by atoms with Crippen molar-refractivity contribution in [1.29, 1.82) is 0 Å². The molecule has 2 atom stereocenters. The normalized spacial score (nSPS) is 20.3. The number of methoxy groups -OCH3 is 1. The van der Waals surface area contributed by atoms with E-state index in [1.165, 1.54) is 17.2 Å². The Bertz CT molecular complexity index is 1010. The summed E-state index contributed by atoms with van der Waals surface area (Å²) in [6, 6.07) is 14.6. The highest BCUT2D eigenvalue weighted by atomic mass is 79.9. The molecule has 0 amide bonds. The largest absolute Gasteiger partial charge is 0.497 e. The molecule has 0 radical (unpaired) electrons. The highest BCUT2D eigenvalue weighted by Gasteiger charge is 2.42. The Morgan fingerprint density at radius 1 is 1.27 bits per heavy atom. The van der Waals surface area contributed by atoms with Crippen molar-refractivity contribution in [1.82, 2.24) is 5.01 Å². The number of benzene rings is 2. The molecule has 2 aliphatic rings. The molecular formula is C24H25BrN2O3. The Hall–Kier alpha value is -2.60. The van der Waals surface area contributed by atoms with Gasteiger partial charge in [0.25, 0.3) is 0 Å². The standard InChI is InChI=1S/C24H25BrN2O3/c1-4-30-22(28)13-15(2)27-24(17-5-9-18(25)10-6-17)20-12-8-16-7-11-19(29-3)14-21(16)23(20)26-27/h5-7,9-11,13-14,20,24H,4,8,12H2,1-3H3/b15-13+. The minimum atomic E-state index is -0.346. The molecule has 1 aliphatic carbocycles. The van der Waals surface area contributed by atoms with Gasteiger partial charge >= 0.3 is 5.97 Å². The second-order valence-electron chi connectivity index (χ2n) is 7.53. The number of hydrazone groups is 1. The van der Waals surface area contributed by atoms with E-state index in [9.17, 15) is 4.79 Å². The number of carbonyl (C=O) groups is 1. The fraction of sp³-hybridized carbons (Fsp3) is 0.333. The zero-order chi connectivity index (χ0) is 21.3. The predicted octanol–water partition coefficient (Wildman–Crippen LogP) is 5.25. The van der Waals surface area contributed by atoms with Gasteiger partial charge in [-0.3, -0.25) is 5.01 Å². The van der Waals surface area contributed by atoms with Gasteiger partial charge < -0.3 is 9.47 Å². The van der Waals surface area contributed by atoms with Crippen LogP contribution in [0.3, 0.4) is 0 Å². The van der Waals surface area contributed by atoms with Crippen molar-refractivity contribution in [2.45, 2.75) is 32.7 Å². The lowest BCUT2D eigenvalue weighted by Crippen LogP contribution is -2.28. The van der Waals surface area contributed by atoms with Gasteiger partial charge in [0.2, 0.25) is 0 Å². The van der Waals surface area contributed by atoms with E-state index in [1.807, 2.05) is 18.0 Å². The van der Waals surface area contributed by atoms with Crippen molar-refractivity contribution >= 4 is 27.6 Å². The molecule has 0 aromatic heterocycles. The van der Waals surface area contributed by atoms with E-state index >= 15 is 0 Å². The van der Waals surface area contributed by atoms with Gasteiger partial charge in [0.1, 0.15) is 5.75 Å². The van der Waals surface area contributed by atoms with Gasteiger partial charge in [-0.25, -0.2) is 4.79 Å². The first-order valence-corrected chi connectivity index (χ1v) is 11.0. The summed E-state index contributed by atoms with van der Waals surface area (Å²) in [5, 5.41) is 7.01. The van der Waals surface area contributed by atoms with Crippen molar-refractivity contribution in [2.24, 2.45) is 11.0 Å². The molecule has 0 saturated carbocycles. The molecule has 30 heavy (non-hydrogen) atoms. The average Bonchev–Trinajstić information content (AvgIpc) is 3.14. The summed E-state index contributed by atoms with van der Waals surface area (Å²) in [5.41, 5.74) is 5.42. The van der Waals surface area contributed by atoms with E-state index in [4.69, 9.17) is 14.6 Å². The fourth-order valence-electron chi connectivity index (χ4n) is 4.32. The first-order valence-electron chi connectivity index (χ1n) is 10.2. The summed E-state index contributed by atoms with van der Waals surface area (Å²) in [7, 11) is 1.68. The lowest BCUT2D eigenvalue weighted by atomic mass is 9.77. The fourth-order valence-corrected chi connectivity index (χ4v) is 4.59. The van der Waals surface area contributed by atoms with Crippen LogP contribution in [0.5, 0.6) is 5.75 Å². The third-order valence-corrected chi connectivity index (χ3v) is 6.24. The maximum Gasteiger partial charge on any atom is 0.332 e. The number of hydrogen-bond donors (Lipinski definition) is 0. The molecule has 0 N–H and O–H groups in total. The van der Waals surface area contributed by atoms with E-state index in [-0.39, 0.29) is 17.9 Å². The molecule has 5 nitrogen and oxygen atoms in total. The molecule has 4 rings (SSSR count). The molecule has 0 spiro atoms. The van der Waals surface area contributed by atoms with Crippen molar-refractivity contribution in [2.75, 3.05) is 13.7 Å². The first-order chi connectivity index (χ1) is 14.5. The lowest BCUT2D eigenvalue weighted by Gasteiger charge is -2.31. The number of allylic oxidation sites excluding steroid dienone is 1. The zero-order valence-corrected chi connectivity index (χ0v) is 19.0. The minimum absolute atomic E-state index is 0.0260. The maximum absolute atomic E-state index is 12.1. The van der Waals surface area contributed by atoms with Crippen LogP contribution in [0, 0.1) is 5.92 Å². The van der Waals surface area contributed by atoms with E-state index in [0.29, 0.717) is 6.61 Å². The molecule has 2 aromatic carbocycles. The molecule has 2 aromatic rings. The quantitative estimate of drug-likeness (QED) is 0.444. The monoisotopic (exact) mass is 468 g/mol. The number of esters is 1. The topological polar surface area (TPSA) is 51.1 Å². The second-order valence-corrected chi connectivity index (χ2v) is 8.45. The van der Waals surface area contributed by atoms with Gasteiger partial charge in [-0.1, -0.05) is 34.1 Å². The SMILES string of the molecule is CCOC(=O)/C=C(\C)N1N=C2c3cc(OC)ccc3CCC2C1c1ccc(Br)cc1. The van der Waals surface area contributed by atoms with Crippen molar-refractivity contribution < 1.29 is 14.3 Å². The van der Waals surface area contributed by atoms with Crippen LogP contribution in [0.15, 0.2) is 63.8 Å². The second kappa shape index (κ2) is 8.64. The molecule has 1 heterocycles. The number of halogens is 1. The van der Waals surface area contributed by atoms with Gasteiger partial charge in [0, 0.05) is 27.7 Å². The number of hydrogen-bond acceptors (Lipinski definition) is 5. The van der Waals surface area contributed by atoms with Crippen LogP contribution in [-0.4, -0.2) is 30.4 Å². The van der Waals surface area contributed by atoms with Crippen LogP contribution in [-0.2, 0) is 16.0 Å². The molecule has 1 aliphatic heterocycles. The lowest BCUT2D eigenvalue weighted by molar-refractivity contribution is -0.137. The molecule has 0 saturated heterocycles. The Morgan fingerprint density at radius 2 is 2.03 bits per heavy atom. The molecule has 0 fully saturated rings. The van der Waals surface area contributed by atoms with Crippen LogP contribution < -0.4 is 4.74 Å². The number of fused-ring (bicyclic) bond motifs is 3. The van der Waals surface area contributed by atoms with Crippen molar-refractivity contribution in [3.63, 3.8) is 0 Å². The Kier molecular flexibility index (Phi) is 5.95. The average molecular weight is 469 g/mol. The van der Waals surface area contributed by atoms with Gasteiger partial charge in [-0.2, -0.15) is 5.10 Å². The Balaban J connectivity index is 1.79. The van der Waals surface area contributed by atoms with Crippen LogP contribution in [0.4, 0.5) is 0 Å². The number of nitrogens with zero attached hydrogens (tertiary/aromatic N) is 2. The highest BCUT2D eigenvalue weighted by molar-refractivity contribution is 9.10. The Labute approximate surface area is 185 Å². The third kappa shape index (κ3) is 3.88. The summed E-state index contributed by atoms with van der Waals surface area (Å²) in [5.74, 6) is 0.715.